The first-order valence-corrected chi connectivity index (χ1v) is 7.09. The third-order valence-electron chi connectivity index (χ3n) is 3.39. The summed E-state index contributed by atoms with van der Waals surface area (Å²) in [6.07, 6.45) is 2.11. The van der Waals surface area contributed by atoms with Crippen molar-refractivity contribution in [2.75, 3.05) is 0 Å². The van der Waals surface area contributed by atoms with Crippen molar-refractivity contribution in [1.29, 1.82) is 0 Å². The molecule has 0 aromatic heterocycles. The lowest BCUT2D eigenvalue weighted by Crippen LogP contribution is -2.16. The fourth-order valence-electron chi connectivity index (χ4n) is 2.20. The molecule has 0 fully saturated rings. The largest absolute Gasteiger partial charge is 0.478 e. The van der Waals surface area contributed by atoms with Crippen LogP contribution in [0.1, 0.15) is 27.1 Å². The van der Waals surface area contributed by atoms with E-state index in [2.05, 4.69) is 10.2 Å². The van der Waals surface area contributed by atoms with Gasteiger partial charge in [0.15, 0.2) is 0 Å². The topological polar surface area (TPSA) is 174 Å². The maximum atomic E-state index is 11.1. The van der Waals surface area contributed by atoms with Crippen LogP contribution in [0.2, 0.25) is 0 Å². The van der Waals surface area contributed by atoms with Gasteiger partial charge in [0.05, 0.1) is 28.4 Å². The van der Waals surface area contributed by atoms with E-state index in [4.69, 9.17) is 20.4 Å². The summed E-state index contributed by atoms with van der Waals surface area (Å²) in [5.41, 5.74) is -1.12. The molecule has 10 nitrogen and oxygen atoms in total. The first-order valence-electron chi connectivity index (χ1n) is 7.09. The van der Waals surface area contributed by atoms with Gasteiger partial charge in [0.2, 0.25) is 0 Å². The van der Waals surface area contributed by atoms with Gasteiger partial charge in [0.25, 0.3) is 0 Å². The number of aromatic carboxylic acids is 2. The minimum absolute atomic E-state index is 0.0704. The number of hydrogen-bond donors (Lipinski definition) is 4. The number of carboxylic acid groups (broad SMARTS) is 4. The van der Waals surface area contributed by atoms with Gasteiger partial charge in [-0.15, -0.1) is 0 Å². The number of hydrogen-bond acceptors (Lipinski definition) is 6. The first kappa shape index (κ1) is 18.5. The van der Waals surface area contributed by atoms with Crippen molar-refractivity contribution in [2.24, 2.45) is 10.2 Å². The van der Waals surface area contributed by atoms with E-state index in [0.717, 1.165) is 24.3 Å². The minimum atomic E-state index is -1.36. The molecule has 10 heteroatoms. The smallest absolute Gasteiger partial charge is 0.335 e. The van der Waals surface area contributed by atoms with E-state index in [0.29, 0.717) is 0 Å². The summed E-state index contributed by atoms with van der Waals surface area (Å²) in [6, 6.07) is 2.24. The Hall–Kier alpha value is -3.82. The molecule has 0 radical (unpaired) electrons. The van der Waals surface area contributed by atoms with Gasteiger partial charge in [0, 0.05) is 12.0 Å². The molecule has 0 heterocycles. The maximum absolute atomic E-state index is 11.1. The summed E-state index contributed by atoms with van der Waals surface area (Å²) in [6.45, 7) is 0. The molecule has 0 amide bonds. The van der Waals surface area contributed by atoms with Crippen molar-refractivity contribution in [3.63, 3.8) is 0 Å². The Bertz CT molecular complexity index is 865. The van der Waals surface area contributed by atoms with Gasteiger partial charge in [-0.1, -0.05) is 0 Å². The molecule has 1 aliphatic carbocycles. The van der Waals surface area contributed by atoms with E-state index in [1.807, 2.05) is 0 Å². The van der Waals surface area contributed by atoms with Crippen molar-refractivity contribution < 1.29 is 39.6 Å². The van der Waals surface area contributed by atoms with Crippen LogP contribution in [-0.2, 0) is 9.59 Å². The normalized spacial score (nSPS) is 16.7. The molecule has 1 unspecified atom stereocenters. The number of carbonyl (C=O) groups is 4. The molecular weight excluding hydrogens is 348 g/mol. The van der Waals surface area contributed by atoms with Crippen LogP contribution in [0.5, 0.6) is 0 Å². The zero-order valence-corrected chi connectivity index (χ0v) is 13.0. The Balaban J connectivity index is 2.36. The molecule has 1 atom stereocenters. The lowest BCUT2D eigenvalue weighted by molar-refractivity contribution is -0.132. The zero-order chi connectivity index (χ0) is 19.4. The van der Waals surface area contributed by atoms with Gasteiger partial charge in [-0.3, -0.25) is 0 Å². The van der Waals surface area contributed by atoms with Crippen LogP contribution in [0, 0.1) is 0 Å². The highest BCUT2D eigenvalue weighted by Gasteiger charge is 2.22. The van der Waals surface area contributed by atoms with Gasteiger partial charge in [-0.05, 0) is 30.4 Å². The molecule has 0 saturated heterocycles. The summed E-state index contributed by atoms with van der Waals surface area (Å²) in [4.78, 5) is 44.3. The van der Waals surface area contributed by atoms with Gasteiger partial charge in [-0.25, -0.2) is 19.2 Å². The van der Waals surface area contributed by atoms with Crippen LogP contribution in [0.4, 0.5) is 5.69 Å². The Kier molecular flexibility index (Phi) is 5.26. The lowest BCUT2D eigenvalue weighted by atomic mass is 9.96. The van der Waals surface area contributed by atoms with E-state index < -0.39 is 29.9 Å². The SMILES string of the molecule is O=C(O)C1=CC(/N=N/c2cc(C(=O)O)cc(C(=O)O)c2)CC(C(=O)O)=C1. The molecule has 4 N–H and O–H groups in total. The highest BCUT2D eigenvalue weighted by atomic mass is 16.4. The molecule has 0 saturated carbocycles. The first-order chi connectivity index (χ1) is 12.2. The number of carboxylic acids is 4. The quantitative estimate of drug-likeness (QED) is 0.557. The Morgan fingerprint density at radius 1 is 0.846 bits per heavy atom. The molecule has 134 valence electrons. The Labute approximate surface area is 145 Å². The molecule has 26 heavy (non-hydrogen) atoms. The van der Waals surface area contributed by atoms with Crippen LogP contribution in [0.25, 0.3) is 0 Å². The Morgan fingerprint density at radius 2 is 1.42 bits per heavy atom. The van der Waals surface area contributed by atoms with E-state index >= 15 is 0 Å². The van der Waals surface area contributed by atoms with Gasteiger partial charge in [-0.2, -0.15) is 10.2 Å². The molecule has 0 aliphatic heterocycles. The second kappa shape index (κ2) is 7.38. The van der Waals surface area contributed by atoms with Crippen molar-refractivity contribution in [3.05, 3.63) is 52.6 Å². The van der Waals surface area contributed by atoms with E-state index in [1.165, 1.54) is 6.08 Å². The third-order valence-corrected chi connectivity index (χ3v) is 3.39. The van der Waals surface area contributed by atoms with Crippen LogP contribution in [-0.4, -0.2) is 50.3 Å². The third kappa shape index (κ3) is 4.38. The van der Waals surface area contributed by atoms with Crippen LogP contribution >= 0.6 is 0 Å². The van der Waals surface area contributed by atoms with Gasteiger partial charge < -0.3 is 20.4 Å². The number of azo groups is 1. The lowest BCUT2D eigenvalue weighted by Gasteiger charge is -2.13. The standard InChI is InChI=1S/C16H12N2O8/c19-13(20)7-1-8(14(21)22)4-11(3-7)17-18-12-5-9(15(23)24)2-10(6-12)16(25)26/h1-5,12H,6H2,(H,19,20)(H,21,22)(H,23,24)(H,25,26)/b18-17+. The van der Waals surface area contributed by atoms with Crippen LogP contribution in [0.15, 0.2) is 51.7 Å². The number of benzene rings is 1. The van der Waals surface area contributed by atoms with Crippen molar-refractivity contribution in [3.8, 4) is 0 Å². The van der Waals surface area contributed by atoms with Gasteiger partial charge in [0.1, 0.15) is 0 Å². The second-order valence-corrected chi connectivity index (χ2v) is 5.27. The van der Waals surface area contributed by atoms with Crippen LogP contribution in [0.3, 0.4) is 0 Å². The van der Waals surface area contributed by atoms with Crippen molar-refractivity contribution >= 4 is 29.6 Å². The van der Waals surface area contributed by atoms with Crippen LogP contribution < -0.4 is 0 Å². The molecule has 0 spiro atoms. The van der Waals surface area contributed by atoms with Gasteiger partial charge >= 0.3 is 23.9 Å². The molecule has 0 bridgehead atoms. The molecule has 1 aliphatic rings. The monoisotopic (exact) mass is 360 g/mol. The number of aliphatic carboxylic acids is 2. The van der Waals surface area contributed by atoms with E-state index in [-0.39, 0.29) is 34.4 Å². The summed E-state index contributed by atoms with van der Waals surface area (Å²) in [7, 11) is 0. The minimum Gasteiger partial charge on any atom is -0.478 e. The number of rotatable bonds is 6. The predicted octanol–water partition coefficient (Wildman–Crippen LogP) is 1.96. The summed E-state index contributed by atoms with van der Waals surface area (Å²) >= 11 is 0. The average molecular weight is 360 g/mol. The van der Waals surface area contributed by atoms with E-state index in [9.17, 15) is 19.2 Å². The summed E-state index contributed by atoms with van der Waals surface area (Å²) in [5, 5.41) is 43.7. The fraction of sp³-hybridized carbons (Fsp3) is 0.125. The molecule has 2 rings (SSSR count). The Morgan fingerprint density at radius 3 is 1.88 bits per heavy atom. The zero-order valence-electron chi connectivity index (χ0n) is 13.0. The fourth-order valence-corrected chi connectivity index (χ4v) is 2.20. The van der Waals surface area contributed by atoms with Crippen molar-refractivity contribution in [1.82, 2.24) is 0 Å². The van der Waals surface area contributed by atoms with Crippen molar-refractivity contribution in [2.45, 2.75) is 12.5 Å². The highest BCUT2D eigenvalue weighted by molar-refractivity contribution is 5.96. The summed E-state index contributed by atoms with van der Waals surface area (Å²) in [5.74, 6) is -5.33. The molecular formula is C16H12N2O8. The number of nitrogens with zero attached hydrogens (tertiary/aromatic N) is 2. The second-order valence-electron chi connectivity index (χ2n) is 5.27. The molecule has 1 aromatic carbocycles. The van der Waals surface area contributed by atoms with E-state index in [1.54, 1.807) is 0 Å². The molecule has 1 aromatic rings. The maximum Gasteiger partial charge on any atom is 0.335 e. The highest BCUT2D eigenvalue weighted by Crippen LogP contribution is 2.24. The average Bonchev–Trinajstić information content (AvgIpc) is 2.59. The summed E-state index contributed by atoms with van der Waals surface area (Å²) < 4.78 is 0. The predicted molar refractivity (Wildman–Crippen MR) is 84.7 cm³/mol.